The normalized spacial score (nSPS) is 13.6. The summed E-state index contributed by atoms with van der Waals surface area (Å²) in [5, 5.41) is 4.91. The van der Waals surface area contributed by atoms with Crippen molar-refractivity contribution < 1.29 is 4.74 Å². The minimum atomic E-state index is -0.0289. The molecule has 5 nitrogen and oxygen atoms in total. The predicted octanol–water partition coefficient (Wildman–Crippen LogP) is 15.5. The molecule has 0 unspecified atom stereocenters. The second kappa shape index (κ2) is 13.7. The Kier molecular flexibility index (Phi) is 8.71. The average Bonchev–Trinajstić information content (AvgIpc) is 3.89. The van der Waals surface area contributed by atoms with Crippen molar-refractivity contribution >= 4 is 76.1 Å². The van der Waals surface area contributed by atoms with E-state index < -0.39 is 0 Å². The van der Waals surface area contributed by atoms with Gasteiger partial charge in [0.25, 0.3) is 0 Å². The molecule has 0 radical (unpaired) electrons. The lowest BCUT2D eigenvalue weighted by molar-refractivity contribution is 0.483. The molecule has 0 N–H and O–H groups in total. The highest BCUT2D eigenvalue weighted by Gasteiger charge is 2.30. The molecule has 0 saturated heterocycles. The Hall–Kier alpha value is -6.11. The van der Waals surface area contributed by atoms with Gasteiger partial charge in [-0.25, -0.2) is 4.98 Å². The van der Waals surface area contributed by atoms with Crippen molar-refractivity contribution in [1.29, 1.82) is 0 Å². The topological polar surface area (TPSA) is 33.5 Å². The van der Waals surface area contributed by atoms with Crippen LogP contribution in [0.4, 0.5) is 22.7 Å². The molecular weight excluding hydrogens is 753 g/mol. The monoisotopic (exact) mass is 804 g/mol. The third-order valence-corrected chi connectivity index (χ3v) is 13.3. The van der Waals surface area contributed by atoms with Crippen LogP contribution in [-0.2, 0) is 16.2 Å². The van der Waals surface area contributed by atoms with Gasteiger partial charge in [-0.1, -0.05) is 111 Å². The van der Waals surface area contributed by atoms with Crippen LogP contribution in [0.15, 0.2) is 140 Å². The molecule has 4 heterocycles. The van der Waals surface area contributed by atoms with Crippen LogP contribution in [0.1, 0.15) is 79.0 Å². The molecule has 6 heteroatoms. The number of pyridine rings is 1. The molecule has 0 aliphatic carbocycles. The van der Waals surface area contributed by atoms with E-state index in [9.17, 15) is 0 Å². The zero-order chi connectivity index (χ0) is 41.7. The number of fused-ring (bicyclic) bond motifs is 8. The number of hydrogen-bond donors (Lipinski definition) is 0. The van der Waals surface area contributed by atoms with Crippen molar-refractivity contribution in [1.82, 2.24) is 9.55 Å². The molecule has 6 aromatic carbocycles. The summed E-state index contributed by atoms with van der Waals surface area (Å²) in [7, 11) is 0. The lowest BCUT2D eigenvalue weighted by atomic mass is 9.80. The molecule has 60 heavy (non-hydrogen) atoms. The molecule has 1 aliphatic heterocycles. The third-order valence-electron chi connectivity index (χ3n) is 12.2. The van der Waals surface area contributed by atoms with Crippen LogP contribution in [-0.4, -0.2) is 16.2 Å². The van der Waals surface area contributed by atoms with Gasteiger partial charge in [-0.2, -0.15) is 0 Å². The molecule has 0 amide bonds. The summed E-state index contributed by atoms with van der Waals surface area (Å²) >= 11 is 1.85. The number of aromatic nitrogens is 2. The number of anilines is 4. The van der Waals surface area contributed by atoms with E-state index in [0.29, 0.717) is 6.67 Å². The van der Waals surface area contributed by atoms with E-state index in [-0.39, 0.29) is 16.2 Å². The highest BCUT2D eigenvalue weighted by molar-refractivity contribution is 7.26. The number of rotatable bonds is 5. The van der Waals surface area contributed by atoms with Gasteiger partial charge < -0.3 is 14.5 Å². The Bertz CT molecular complexity index is 3100. The fourth-order valence-electron chi connectivity index (χ4n) is 8.74. The standard InChI is InChI=1S/C54H52N4OS/c1-52(2,3)34-25-26-55-49(30-34)58-46-32-40(21-22-41(46)42-23-24-48-50(51(42)58)43-17-10-13-20-47(43)60-48)59-39-16-14-15-37(31-39)56-33-57(45-19-12-11-18-44(45)56)38-28-35(53(4,5)6)27-36(29-38)54(7,8)9/h10-32H,33H2,1-9H3. The highest BCUT2D eigenvalue weighted by atomic mass is 32.1. The Labute approximate surface area is 357 Å². The van der Waals surface area contributed by atoms with Crippen LogP contribution >= 0.6 is 11.3 Å². The Balaban J connectivity index is 1.06. The summed E-state index contributed by atoms with van der Waals surface area (Å²) in [5.74, 6) is 2.47. The minimum Gasteiger partial charge on any atom is -0.457 e. The van der Waals surface area contributed by atoms with Gasteiger partial charge in [-0.3, -0.25) is 4.57 Å². The maximum absolute atomic E-state index is 6.83. The van der Waals surface area contributed by atoms with Crippen LogP contribution in [0.2, 0.25) is 0 Å². The quantitative estimate of drug-likeness (QED) is 0.173. The van der Waals surface area contributed by atoms with Crippen molar-refractivity contribution in [3.63, 3.8) is 0 Å². The second-order valence-electron chi connectivity index (χ2n) is 19.5. The van der Waals surface area contributed by atoms with Gasteiger partial charge in [0.05, 0.1) is 22.4 Å². The van der Waals surface area contributed by atoms with Crippen LogP contribution in [0, 0.1) is 0 Å². The van der Waals surface area contributed by atoms with Crippen molar-refractivity contribution in [2.24, 2.45) is 0 Å². The first-order valence-electron chi connectivity index (χ1n) is 21.1. The Morgan fingerprint density at radius 3 is 1.88 bits per heavy atom. The average molecular weight is 805 g/mol. The molecule has 0 bridgehead atoms. The molecule has 0 saturated carbocycles. The fourth-order valence-corrected chi connectivity index (χ4v) is 9.85. The van der Waals surface area contributed by atoms with Gasteiger partial charge in [-0.05, 0) is 106 Å². The van der Waals surface area contributed by atoms with Crippen molar-refractivity contribution in [2.75, 3.05) is 16.5 Å². The van der Waals surface area contributed by atoms with E-state index in [1.54, 1.807) is 0 Å². The molecule has 300 valence electrons. The predicted molar refractivity (Wildman–Crippen MR) is 256 cm³/mol. The molecule has 3 aromatic heterocycles. The number of hydrogen-bond acceptors (Lipinski definition) is 5. The molecule has 10 rings (SSSR count). The first-order valence-corrected chi connectivity index (χ1v) is 21.9. The number of ether oxygens (including phenoxy) is 1. The molecular formula is C54H52N4OS. The van der Waals surface area contributed by atoms with Gasteiger partial charge in [0.15, 0.2) is 0 Å². The van der Waals surface area contributed by atoms with E-state index in [1.165, 1.54) is 70.2 Å². The fraction of sp³-hybridized carbons (Fsp3) is 0.241. The maximum Gasteiger partial charge on any atom is 0.137 e. The van der Waals surface area contributed by atoms with E-state index >= 15 is 0 Å². The van der Waals surface area contributed by atoms with E-state index in [1.807, 2.05) is 17.5 Å². The largest absolute Gasteiger partial charge is 0.457 e. The Morgan fingerprint density at radius 1 is 0.517 bits per heavy atom. The number of para-hydroxylation sites is 2. The highest BCUT2D eigenvalue weighted by Crippen LogP contribution is 2.47. The van der Waals surface area contributed by atoms with Crippen LogP contribution < -0.4 is 14.5 Å². The summed E-state index contributed by atoms with van der Waals surface area (Å²) in [6.07, 6.45) is 1.95. The van der Waals surface area contributed by atoms with Crippen LogP contribution in [0.5, 0.6) is 11.5 Å². The van der Waals surface area contributed by atoms with Crippen molar-refractivity contribution in [3.8, 4) is 17.3 Å². The zero-order valence-electron chi connectivity index (χ0n) is 36.1. The van der Waals surface area contributed by atoms with Crippen LogP contribution in [0.3, 0.4) is 0 Å². The molecule has 0 fully saturated rings. The molecule has 0 atom stereocenters. The number of benzene rings is 6. The number of thiophene rings is 1. The van der Waals surface area contributed by atoms with Crippen molar-refractivity contribution in [2.45, 2.75) is 78.6 Å². The summed E-state index contributed by atoms with van der Waals surface area (Å²) < 4.78 is 11.7. The summed E-state index contributed by atoms with van der Waals surface area (Å²) in [6, 6.07) is 48.6. The zero-order valence-corrected chi connectivity index (χ0v) is 36.9. The first-order chi connectivity index (χ1) is 28.6. The maximum atomic E-state index is 6.83. The smallest absolute Gasteiger partial charge is 0.137 e. The van der Waals surface area contributed by atoms with Gasteiger partial charge >= 0.3 is 0 Å². The lowest BCUT2D eigenvalue weighted by Crippen LogP contribution is -2.25. The minimum absolute atomic E-state index is 0.0233. The molecule has 0 spiro atoms. The number of nitrogens with zero attached hydrogens (tertiary/aromatic N) is 4. The SMILES string of the molecule is CC(C)(C)c1cc(N2CN(c3cccc(Oc4ccc5c6ccc7sc8ccccc8c7c6n(-c6cc(C(C)(C)C)ccn6)c5c4)c3)c3ccccc32)cc(C(C)(C)C)c1. The third kappa shape index (κ3) is 6.49. The van der Waals surface area contributed by atoms with E-state index in [0.717, 1.165) is 28.5 Å². The van der Waals surface area contributed by atoms with Gasteiger partial charge in [0.1, 0.15) is 24.0 Å². The van der Waals surface area contributed by atoms with Crippen LogP contribution in [0.25, 0.3) is 47.8 Å². The Morgan fingerprint density at radius 2 is 1.17 bits per heavy atom. The van der Waals surface area contributed by atoms with E-state index in [2.05, 4.69) is 210 Å². The van der Waals surface area contributed by atoms with E-state index in [4.69, 9.17) is 9.72 Å². The lowest BCUT2D eigenvalue weighted by Gasteiger charge is -2.29. The molecule has 9 aromatic rings. The van der Waals surface area contributed by atoms with Crippen molar-refractivity contribution in [3.05, 3.63) is 156 Å². The van der Waals surface area contributed by atoms with Gasteiger partial charge in [-0.15, -0.1) is 11.3 Å². The molecule has 1 aliphatic rings. The first kappa shape index (κ1) is 38.1. The second-order valence-corrected chi connectivity index (χ2v) is 20.5. The summed E-state index contributed by atoms with van der Waals surface area (Å²) in [6.45, 7) is 21.3. The van der Waals surface area contributed by atoms with Gasteiger partial charge in [0.2, 0.25) is 0 Å². The summed E-state index contributed by atoms with van der Waals surface area (Å²) in [5.41, 5.74) is 10.9. The summed E-state index contributed by atoms with van der Waals surface area (Å²) in [4.78, 5) is 9.88. The van der Waals surface area contributed by atoms with Gasteiger partial charge in [0, 0.05) is 60.6 Å².